The molecule has 2 aromatic heterocycles. The molecule has 2 heterocycles. The highest BCUT2D eigenvalue weighted by molar-refractivity contribution is 6.31. The number of nitrogens with zero attached hydrogens (tertiary/aromatic N) is 3. The predicted molar refractivity (Wildman–Crippen MR) is 85.0 cm³/mol. The van der Waals surface area contributed by atoms with Gasteiger partial charge in [-0.1, -0.05) is 35.9 Å². The summed E-state index contributed by atoms with van der Waals surface area (Å²) in [6, 6.07) is 14.7. The Morgan fingerprint density at radius 3 is 2.76 bits per heavy atom. The average molecular weight is 300 g/mol. The van der Waals surface area contributed by atoms with Gasteiger partial charge >= 0.3 is 0 Å². The number of anilines is 1. The average Bonchev–Trinajstić information content (AvgIpc) is 2.49. The van der Waals surface area contributed by atoms with Gasteiger partial charge in [-0.15, -0.1) is 0 Å². The van der Waals surface area contributed by atoms with E-state index in [2.05, 4.69) is 4.98 Å². The third-order valence-electron chi connectivity index (χ3n) is 3.31. The van der Waals surface area contributed by atoms with E-state index < -0.39 is 0 Å². The second-order valence-corrected chi connectivity index (χ2v) is 5.24. The lowest BCUT2D eigenvalue weighted by molar-refractivity contribution is 0.887. The van der Waals surface area contributed by atoms with Crippen LogP contribution in [0.4, 0.5) is 5.82 Å². The largest absolute Gasteiger partial charge is 0.355 e. The molecule has 4 nitrogen and oxygen atoms in total. The lowest BCUT2D eigenvalue weighted by Crippen LogP contribution is -2.22. The molecule has 0 saturated carbocycles. The van der Waals surface area contributed by atoms with Crippen LogP contribution in [0.3, 0.4) is 0 Å². The third-order valence-corrected chi connectivity index (χ3v) is 3.68. The Morgan fingerprint density at radius 1 is 1.19 bits per heavy atom. The van der Waals surface area contributed by atoms with Crippen molar-refractivity contribution in [3.05, 3.63) is 75.7 Å². The lowest BCUT2D eigenvalue weighted by atomic mass is 10.2. The second-order valence-electron chi connectivity index (χ2n) is 4.83. The summed E-state index contributed by atoms with van der Waals surface area (Å²) in [7, 11) is 1.89. The quantitative estimate of drug-likeness (QED) is 0.746. The first-order valence-corrected chi connectivity index (χ1v) is 6.96. The van der Waals surface area contributed by atoms with E-state index in [9.17, 15) is 4.79 Å². The van der Waals surface area contributed by atoms with Crippen LogP contribution >= 0.6 is 11.6 Å². The zero-order valence-corrected chi connectivity index (χ0v) is 12.3. The normalized spacial score (nSPS) is 10.8. The minimum Gasteiger partial charge on any atom is -0.355 e. The Morgan fingerprint density at radius 2 is 1.95 bits per heavy atom. The van der Waals surface area contributed by atoms with Gasteiger partial charge in [-0.3, -0.25) is 9.20 Å². The van der Waals surface area contributed by atoms with Gasteiger partial charge in [-0.2, -0.15) is 0 Å². The molecule has 3 aromatic rings. The number of halogens is 1. The third kappa shape index (κ3) is 2.76. The van der Waals surface area contributed by atoms with Crippen LogP contribution in [0.25, 0.3) is 5.65 Å². The molecule has 1 aromatic carbocycles. The van der Waals surface area contributed by atoms with Crippen LogP contribution in [0.1, 0.15) is 5.56 Å². The maximum absolute atomic E-state index is 12.1. The van der Waals surface area contributed by atoms with Crippen LogP contribution in [0.15, 0.2) is 59.5 Å². The molecular formula is C16H14ClN3O. The number of benzene rings is 1. The van der Waals surface area contributed by atoms with Crippen molar-refractivity contribution in [3.8, 4) is 0 Å². The summed E-state index contributed by atoms with van der Waals surface area (Å²) in [5.41, 5.74) is 1.53. The summed E-state index contributed by atoms with van der Waals surface area (Å²) in [5.74, 6) is 0.631. The van der Waals surface area contributed by atoms with Crippen molar-refractivity contribution in [1.29, 1.82) is 0 Å². The highest BCUT2D eigenvalue weighted by Gasteiger charge is 2.08. The van der Waals surface area contributed by atoms with E-state index in [4.69, 9.17) is 11.6 Å². The maximum Gasteiger partial charge on any atom is 0.259 e. The molecule has 3 rings (SSSR count). The Balaban J connectivity index is 1.97. The van der Waals surface area contributed by atoms with E-state index in [1.165, 1.54) is 10.5 Å². The first kappa shape index (κ1) is 13.6. The van der Waals surface area contributed by atoms with Gasteiger partial charge in [0.05, 0.1) is 0 Å². The van der Waals surface area contributed by atoms with Gasteiger partial charge < -0.3 is 4.90 Å². The van der Waals surface area contributed by atoms with Crippen LogP contribution in [0.5, 0.6) is 0 Å². The van der Waals surface area contributed by atoms with E-state index >= 15 is 0 Å². The van der Waals surface area contributed by atoms with Gasteiger partial charge in [0.1, 0.15) is 11.5 Å². The molecule has 0 fully saturated rings. The van der Waals surface area contributed by atoms with E-state index in [0.717, 1.165) is 5.56 Å². The zero-order chi connectivity index (χ0) is 14.8. The molecule has 0 aliphatic carbocycles. The molecule has 0 saturated heterocycles. The smallest absolute Gasteiger partial charge is 0.259 e. The van der Waals surface area contributed by atoms with Gasteiger partial charge in [0.25, 0.3) is 5.56 Å². The van der Waals surface area contributed by atoms with Crippen LogP contribution in [0.2, 0.25) is 5.02 Å². The maximum atomic E-state index is 12.1. The minimum absolute atomic E-state index is 0.0957. The van der Waals surface area contributed by atoms with Gasteiger partial charge in [-0.05, 0) is 23.8 Å². The van der Waals surface area contributed by atoms with Crippen molar-refractivity contribution >= 4 is 23.1 Å². The van der Waals surface area contributed by atoms with Gasteiger partial charge in [0.2, 0.25) is 0 Å². The zero-order valence-electron chi connectivity index (χ0n) is 11.5. The van der Waals surface area contributed by atoms with Crippen molar-refractivity contribution in [2.24, 2.45) is 0 Å². The number of hydrogen-bond donors (Lipinski definition) is 0. The molecule has 0 radical (unpaired) electrons. The van der Waals surface area contributed by atoms with Crippen molar-refractivity contribution in [1.82, 2.24) is 9.38 Å². The van der Waals surface area contributed by atoms with Crippen LogP contribution in [-0.4, -0.2) is 16.4 Å². The molecular weight excluding hydrogens is 286 g/mol. The fourth-order valence-corrected chi connectivity index (χ4v) is 2.40. The summed E-state index contributed by atoms with van der Waals surface area (Å²) < 4.78 is 1.52. The van der Waals surface area contributed by atoms with Crippen LogP contribution < -0.4 is 10.5 Å². The molecule has 0 spiro atoms. The summed E-state index contributed by atoms with van der Waals surface area (Å²) >= 11 is 6.17. The van der Waals surface area contributed by atoms with Crippen molar-refractivity contribution in [3.63, 3.8) is 0 Å². The molecule has 0 amide bonds. The first-order chi connectivity index (χ1) is 10.1. The fraction of sp³-hybridized carbons (Fsp3) is 0.125. The Kier molecular flexibility index (Phi) is 3.62. The molecule has 0 bridgehead atoms. The van der Waals surface area contributed by atoms with Crippen molar-refractivity contribution in [2.75, 3.05) is 11.9 Å². The number of hydrogen-bond acceptors (Lipinski definition) is 3. The molecule has 106 valence electrons. The van der Waals surface area contributed by atoms with E-state index in [1.54, 1.807) is 6.20 Å². The summed E-state index contributed by atoms with van der Waals surface area (Å²) in [6.45, 7) is 0.592. The highest BCUT2D eigenvalue weighted by Crippen LogP contribution is 2.19. The number of rotatable bonds is 3. The van der Waals surface area contributed by atoms with E-state index in [-0.39, 0.29) is 5.56 Å². The Hall–Kier alpha value is -2.33. The molecule has 21 heavy (non-hydrogen) atoms. The predicted octanol–water partition coefficient (Wildman–Crippen LogP) is 2.98. The SMILES string of the molecule is CN(Cc1ccccc1Cl)c1cc(=O)n2ccccc2n1. The van der Waals surface area contributed by atoms with Crippen LogP contribution in [0, 0.1) is 0 Å². The molecule has 0 aliphatic rings. The minimum atomic E-state index is -0.0957. The van der Waals surface area contributed by atoms with E-state index in [1.807, 2.05) is 54.4 Å². The highest BCUT2D eigenvalue weighted by atomic mass is 35.5. The van der Waals surface area contributed by atoms with Crippen molar-refractivity contribution in [2.45, 2.75) is 6.54 Å². The molecule has 0 atom stereocenters. The summed E-state index contributed by atoms with van der Waals surface area (Å²) in [4.78, 5) is 18.5. The number of pyridine rings is 1. The Bertz CT molecular complexity index is 844. The monoisotopic (exact) mass is 299 g/mol. The lowest BCUT2D eigenvalue weighted by Gasteiger charge is -2.19. The summed E-state index contributed by atoms with van der Waals surface area (Å²) in [5, 5.41) is 0.710. The van der Waals surface area contributed by atoms with Gasteiger partial charge in [0.15, 0.2) is 0 Å². The molecule has 0 unspecified atom stereocenters. The standard InChI is InChI=1S/C16H14ClN3O/c1-19(11-12-6-2-3-7-13(12)17)15-10-16(21)20-9-5-4-8-14(20)18-15/h2-10H,11H2,1H3. The molecule has 0 N–H and O–H groups in total. The number of fused-ring (bicyclic) bond motifs is 1. The Labute approximate surface area is 127 Å². The molecule has 5 heteroatoms. The fourth-order valence-electron chi connectivity index (χ4n) is 2.20. The topological polar surface area (TPSA) is 37.6 Å². The van der Waals surface area contributed by atoms with Crippen molar-refractivity contribution < 1.29 is 0 Å². The second kappa shape index (κ2) is 5.58. The van der Waals surface area contributed by atoms with Gasteiger partial charge in [0, 0.05) is 30.9 Å². The van der Waals surface area contributed by atoms with E-state index in [0.29, 0.717) is 23.0 Å². The van der Waals surface area contributed by atoms with Crippen LogP contribution in [-0.2, 0) is 6.54 Å². The first-order valence-electron chi connectivity index (χ1n) is 6.58. The molecule has 0 aliphatic heterocycles. The summed E-state index contributed by atoms with van der Waals surface area (Å²) in [6.07, 6.45) is 1.71. The van der Waals surface area contributed by atoms with Gasteiger partial charge in [-0.25, -0.2) is 4.98 Å². The number of aromatic nitrogens is 2.